The first-order valence-electron chi connectivity index (χ1n) is 14.7. The Hall–Kier alpha value is -3.34. The lowest BCUT2D eigenvalue weighted by atomic mass is 9.86. The van der Waals surface area contributed by atoms with Gasteiger partial charge in [0.15, 0.2) is 11.5 Å². The Morgan fingerprint density at radius 2 is 1.33 bits per heavy atom. The maximum absolute atomic E-state index is 12.8. The average Bonchev–Trinajstić information content (AvgIpc) is 2.88. The van der Waals surface area contributed by atoms with Gasteiger partial charge in [-0.05, 0) is 63.6 Å². The Kier molecular flexibility index (Phi) is 15.9. The van der Waals surface area contributed by atoms with Crippen molar-refractivity contribution in [3.63, 3.8) is 0 Å². The van der Waals surface area contributed by atoms with Crippen molar-refractivity contribution < 1.29 is 47.6 Å². The monoisotopic (exact) mass is 595 g/mol. The second kappa shape index (κ2) is 18.3. The van der Waals surface area contributed by atoms with E-state index in [0.717, 1.165) is 12.8 Å². The lowest BCUT2D eigenvalue weighted by Gasteiger charge is -2.29. The molecule has 238 valence electrons. The summed E-state index contributed by atoms with van der Waals surface area (Å²) in [5.41, 5.74) is 5.41. The highest BCUT2D eigenvalue weighted by Crippen LogP contribution is 2.32. The maximum Gasteiger partial charge on any atom is 0.514 e. The van der Waals surface area contributed by atoms with Crippen LogP contribution in [0, 0.1) is 5.92 Å². The summed E-state index contributed by atoms with van der Waals surface area (Å²) in [6, 6.07) is 4.40. The van der Waals surface area contributed by atoms with E-state index in [1.807, 2.05) is 27.7 Å². The summed E-state index contributed by atoms with van der Waals surface area (Å²) >= 11 is 0. The molecule has 0 bridgehead atoms. The fraction of sp³-hybridized carbons (Fsp3) is 0.677. The Morgan fingerprint density at radius 3 is 1.83 bits per heavy atom. The van der Waals surface area contributed by atoms with Crippen molar-refractivity contribution in [2.24, 2.45) is 11.7 Å². The highest BCUT2D eigenvalue weighted by Gasteiger charge is 2.38. The highest BCUT2D eigenvalue weighted by molar-refractivity contribution is 5.81. The predicted molar refractivity (Wildman–Crippen MR) is 156 cm³/mol. The van der Waals surface area contributed by atoms with Crippen molar-refractivity contribution in [1.82, 2.24) is 0 Å². The van der Waals surface area contributed by atoms with Crippen LogP contribution in [0.3, 0.4) is 0 Å². The number of rotatable bonds is 17. The number of hydrogen-bond donors (Lipinski definition) is 1. The van der Waals surface area contributed by atoms with E-state index in [0.29, 0.717) is 30.7 Å². The van der Waals surface area contributed by atoms with Gasteiger partial charge < -0.3 is 34.2 Å². The van der Waals surface area contributed by atoms with Crippen LogP contribution in [0.2, 0.25) is 0 Å². The number of hydrogen-bond acceptors (Lipinski definition) is 11. The molecular formula is C31H49NO10. The summed E-state index contributed by atoms with van der Waals surface area (Å²) in [5.74, 6) is -0.954. The van der Waals surface area contributed by atoms with Gasteiger partial charge in [0.2, 0.25) is 0 Å². The van der Waals surface area contributed by atoms with Crippen molar-refractivity contribution in [2.45, 2.75) is 124 Å². The molecule has 0 saturated carbocycles. The molecule has 0 aliphatic carbocycles. The van der Waals surface area contributed by atoms with Crippen LogP contribution >= 0.6 is 0 Å². The molecule has 0 aliphatic rings. The zero-order chi connectivity index (χ0) is 31.9. The Morgan fingerprint density at radius 1 is 0.786 bits per heavy atom. The summed E-state index contributed by atoms with van der Waals surface area (Å²) < 4.78 is 31.8. The van der Waals surface area contributed by atoms with E-state index in [1.165, 1.54) is 19.2 Å². The molecule has 0 radical (unpaired) electrons. The molecule has 2 unspecified atom stereocenters. The summed E-state index contributed by atoms with van der Waals surface area (Å²) in [7, 11) is 1.22. The number of carbonyl (C=O) groups is 4. The van der Waals surface area contributed by atoms with Crippen LogP contribution in [0.1, 0.15) is 99.0 Å². The van der Waals surface area contributed by atoms with Gasteiger partial charge in [-0.15, -0.1) is 0 Å². The third-order valence-corrected chi connectivity index (χ3v) is 6.40. The molecular weight excluding hydrogens is 546 g/mol. The van der Waals surface area contributed by atoms with Crippen molar-refractivity contribution in [3.8, 4) is 11.5 Å². The standard InChI is InChI=1S/C31H49NO10/c1-9-11-21(5)39-29(35)41-25-15-14-24(17-26(25)42-30(36)40-22(6)12-10-2)19-31(32,28(34)37-8)18-23(7)38-27(33)16-13-20(3)4/h14-15,17,20-23H,9-13,16,18-19,32H2,1-8H3/t21-,22?,23?,31+/m0/s1. The van der Waals surface area contributed by atoms with Crippen LogP contribution in [0.15, 0.2) is 18.2 Å². The predicted octanol–water partition coefficient (Wildman–Crippen LogP) is 6.27. The molecule has 2 N–H and O–H groups in total. The first-order chi connectivity index (χ1) is 19.7. The highest BCUT2D eigenvalue weighted by atomic mass is 16.7. The van der Waals surface area contributed by atoms with Crippen molar-refractivity contribution >= 4 is 24.2 Å². The van der Waals surface area contributed by atoms with Crippen molar-refractivity contribution in [3.05, 3.63) is 23.8 Å². The van der Waals surface area contributed by atoms with Crippen LogP contribution in [0.4, 0.5) is 9.59 Å². The summed E-state index contributed by atoms with van der Waals surface area (Å²) in [6.07, 6.45) is 0.354. The van der Waals surface area contributed by atoms with E-state index in [-0.39, 0.29) is 42.8 Å². The molecule has 42 heavy (non-hydrogen) atoms. The van der Waals surface area contributed by atoms with Crippen LogP contribution in [-0.2, 0) is 35.0 Å². The normalized spacial score (nSPS) is 14.6. The first-order valence-corrected chi connectivity index (χ1v) is 14.7. The van der Waals surface area contributed by atoms with E-state index in [2.05, 4.69) is 0 Å². The minimum absolute atomic E-state index is 0.0280. The zero-order valence-electron chi connectivity index (χ0n) is 26.4. The smallest absolute Gasteiger partial charge is 0.468 e. The Bertz CT molecular complexity index is 1030. The zero-order valence-corrected chi connectivity index (χ0v) is 26.4. The van der Waals surface area contributed by atoms with Gasteiger partial charge in [0.1, 0.15) is 23.9 Å². The van der Waals surface area contributed by atoms with E-state index < -0.39 is 36.0 Å². The van der Waals surface area contributed by atoms with Gasteiger partial charge in [0, 0.05) is 19.3 Å². The molecule has 0 aromatic heterocycles. The lowest BCUT2D eigenvalue weighted by Crippen LogP contribution is -2.53. The molecule has 1 aromatic carbocycles. The molecule has 1 rings (SSSR count). The average molecular weight is 596 g/mol. The number of ether oxygens (including phenoxy) is 6. The topological polar surface area (TPSA) is 150 Å². The number of benzene rings is 1. The number of methoxy groups -OCH3 is 1. The van der Waals surface area contributed by atoms with Gasteiger partial charge in [0.25, 0.3) is 0 Å². The SMILES string of the molecule is CCCC(C)OC(=O)Oc1cc(C[C@](N)(CC(C)OC(=O)CCC(C)C)C(=O)OC)ccc1OC(=O)O[C@@H](C)CCC. The fourth-order valence-corrected chi connectivity index (χ4v) is 4.35. The quantitative estimate of drug-likeness (QED) is 0.123. The van der Waals surface area contributed by atoms with E-state index in [1.54, 1.807) is 26.8 Å². The van der Waals surface area contributed by atoms with E-state index in [9.17, 15) is 19.2 Å². The maximum atomic E-state index is 12.8. The molecule has 0 amide bonds. The first kappa shape index (κ1) is 36.7. The Labute approximate surface area is 249 Å². The molecule has 0 saturated heterocycles. The summed E-state index contributed by atoms with van der Waals surface area (Å²) in [6.45, 7) is 13.1. The molecule has 0 heterocycles. The van der Waals surface area contributed by atoms with E-state index in [4.69, 9.17) is 34.2 Å². The van der Waals surface area contributed by atoms with Gasteiger partial charge in [-0.3, -0.25) is 9.59 Å². The molecule has 11 heteroatoms. The second-order valence-electron chi connectivity index (χ2n) is 11.2. The molecule has 4 atom stereocenters. The van der Waals surface area contributed by atoms with Gasteiger partial charge in [-0.2, -0.15) is 0 Å². The van der Waals surface area contributed by atoms with Crippen molar-refractivity contribution in [2.75, 3.05) is 7.11 Å². The summed E-state index contributed by atoms with van der Waals surface area (Å²) in [5, 5.41) is 0. The Balaban J connectivity index is 3.23. The second-order valence-corrected chi connectivity index (χ2v) is 11.2. The lowest BCUT2D eigenvalue weighted by molar-refractivity contribution is -0.155. The molecule has 0 fully saturated rings. The van der Waals surface area contributed by atoms with Gasteiger partial charge in [-0.1, -0.05) is 46.6 Å². The van der Waals surface area contributed by atoms with Gasteiger partial charge in [0.05, 0.1) is 7.11 Å². The molecule has 0 spiro atoms. The summed E-state index contributed by atoms with van der Waals surface area (Å²) in [4.78, 5) is 50.0. The molecule has 0 aliphatic heterocycles. The van der Waals surface area contributed by atoms with E-state index >= 15 is 0 Å². The fourth-order valence-electron chi connectivity index (χ4n) is 4.35. The minimum Gasteiger partial charge on any atom is -0.468 e. The largest absolute Gasteiger partial charge is 0.514 e. The van der Waals surface area contributed by atoms with Crippen LogP contribution in [-0.4, -0.2) is 55.2 Å². The number of esters is 2. The third-order valence-electron chi connectivity index (χ3n) is 6.40. The minimum atomic E-state index is -1.59. The van der Waals surface area contributed by atoms with Crippen LogP contribution in [0.5, 0.6) is 11.5 Å². The van der Waals surface area contributed by atoms with Crippen LogP contribution < -0.4 is 15.2 Å². The van der Waals surface area contributed by atoms with Gasteiger partial charge >= 0.3 is 24.2 Å². The van der Waals surface area contributed by atoms with Crippen molar-refractivity contribution in [1.29, 1.82) is 0 Å². The molecule has 1 aromatic rings. The van der Waals surface area contributed by atoms with Crippen LogP contribution in [0.25, 0.3) is 0 Å². The molecule has 11 nitrogen and oxygen atoms in total. The third kappa shape index (κ3) is 13.5. The van der Waals surface area contributed by atoms with Gasteiger partial charge in [-0.25, -0.2) is 9.59 Å². The number of carbonyl (C=O) groups excluding carboxylic acids is 4. The number of nitrogens with two attached hydrogens (primary N) is 1.